The number of amides is 2. The zero-order chi connectivity index (χ0) is 25.1. The Hall–Kier alpha value is -3.65. The molecule has 34 heavy (non-hydrogen) atoms. The molecule has 0 aromatic heterocycles. The molecule has 2 amide bonds. The fourth-order valence-electron chi connectivity index (χ4n) is 3.29. The van der Waals surface area contributed by atoms with Gasteiger partial charge in [0.2, 0.25) is 0 Å². The van der Waals surface area contributed by atoms with E-state index in [0.29, 0.717) is 22.5 Å². The number of benzene rings is 2. The number of allylic oxidation sites excluding steroid dienone is 1. The van der Waals surface area contributed by atoms with Gasteiger partial charge in [0.25, 0.3) is 11.8 Å². The molecule has 0 spiro atoms. The fourth-order valence-corrected chi connectivity index (χ4v) is 3.92. The van der Waals surface area contributed by atoms with Crippen LogP contribution in [0.3, 0.4) is 0 Å². The first-order valence-corrected chi connectivity index (χ1v) is 12.6. The zero-order valence-electron chi connectivity index (χ0n) is 19.7. The topological polar surface area (TPSA) is 104 Å². The molecule has 1 heterocycles. The lowest BCUT2D eigenvalue weighted by Crippen LogP contribution is -2.38. The van der Waals surface area contributed by atoms with E-state index in [0.717, 1.165) is 11.8 Å². The molecular formula is C26H29N3O4S. The molecule has 0 fully saturated rings. The van der Waals surface area contributed by atoms with Crippen LogP contribution in [-0.4, -0.2) is 26.5 Å². The van der Waals surface area contributed by atoms with Crippen LogP contribution < -0.4 is 16.0 Å². The van der Waals surface area contributed by atoms with Gasteiger partial charge in [0.15, 0.2) is 9.84 Å². The van der Waals surface area contributed by atoms with Crippen molar-refractivity contribution in [1.29, 1.82) is 0 Å². The van der Waals surface area contributed by atoms with Crippen molar-refractivity contribution in [1.82, 2.24) is 10.6 Å². The van der Waals surface area contributed by atoms with Gasteiger partial charge < -0.3 is 16.0 Å². The molecule has 0 saturated heterocycles. The molecule has 7 nitrogen and oxygen atoms in total. The maximum Gasteiger partial charge on any atom is 0.253 e. The largest absolute Gasteiger partial charge is 0.361 e. The average Bonchev–Trinajstić information content (AvgIpc) is 2.77. The minimum atomic E-state index is -3.40. The van der Waals surface area contributed by atoms with Gasteiger partial charge in [0.05, 0.1) is 10.5 Å². The van der Waals surface area contributed by atoms with E-state index in [2.05, 4.69) is 43.3 Å². The third-order valence-electron chi connectivity index (χ3n) is 5.34. The molecule has 2 aromatic rings. The van der Waals surface area contributed by atoms with Crippen LogP contribution in [0.5, 0.6) is 0 Å². The third kappa shape index (κ3) is 6.23. The van der Waals surface area contributed by atoms with Gasteiger partial charge in [0.1, 0.15) is 6.04 Å². The number of hydrogen-bond donors (Lipinski definition) is 3. The molecule has 3 rings (SSSR count). The minimum Gasteiger partial charge on any atom is -0.361 e. The number of nitrogens with one attached hydrogen (secondary N) is 3. The van der Waals surface area contributed by atoms with E-state index in [9.17, 15) is 18.0 Å². The molecule has 0 aliphatic carbocycles. The van der Waals surface area contributed by atoms with E-state index in [1.165, 1.54) is 30.5 Å². The van der Waals surface area contributed by atoms with Crippen molar-refractivity contribution < 1.29 is 18.0 Å². The molecule has 2 aromatic carbocycles. The molecule has 1 atom stereocenters. The summed E-state index contributed by atoms with van der Waals surface area (Å²) in [7, 11) is -3.40. The number of rotatable bonds is 6. The summed E-state index contributed by atoms with van der Waals surface area (Å²) in [6.45, 7) is 10.1. The van der Waals surface area contributed by atoms with E-state index in [4.69, 9.17) is 0 Å². The second-order valence-corrected chi connectivity index (χ2v) is 11.2. The maximum atomic E-state index is 13.2. The highest BCUT2D eigenvalue weighted by molar-refractivity contribution is 7.90. The number of anilines is 1. The number of sulfone groups is 1. The van der Waals surface area contributed by atoms with E-state index >= 15 is 0 Å². The quantitative estimate of drug-likeness (QED) is 0.586. The first-order valence-electron chi connectivity index (χ1n) is 10.7. The Balaban J connectivity index is 1.87. The van der Waals surface area contributed by atoms with Crippen LogP contribution in [0, 0.1) is 0 Å². The van der Waals surface area contributed by atoms with Crippen LogP contribution in [0.4, 0.5) is 5.69 Å². The van der Waals surface area contributed by atoms with Crippen LogP contribution >= 0.6 is 0 Å². The molecule has 0 radical (unpaired) electrons. The Bertz CT molecular complexity index is 1270. The van der Waals surface area contributed by atoms with Gasteiger partial charge in [0, 0.05) is 23.8 Å². The molecule has 1 unspecified atom stereocenters. The summed E-state index contributed by atoms with van der Waals surface area (Å²) >= 11 is 0. The second-order valence-electron chi connectivity index (χ2n) is 9.17. The summed E-state index contributed by atoms with van der Waals surface area (Å²) in [6.07, 6.45) is 5.87. The van der Waals surface area contributed by atoms with Crippen molar-refractivity contribution in [3.05, 3.63) is 95.9 Å². The highest BCUT2D eigenvalue weighted by Crippen LogP contribution is 2.25. The Morgan fingerprint density at radius 1 is 0.971 bits per heavy atom. The third-order valence-corrected chi connectivity index (χ3v) is 6.47. The molecule has 0 saturated carbocycles. The van der Waals surface area contributed by atoms with Crippen molar-refractivity contribution in [2.75, 3.05) is 11.6 Å². The maximum absolute atomic E-state index is 13.2. The van der Waals surface area contributed by atoms with Gasteiger partial charge >= 0.3 is 0 Å². The Morgan fingerprint density at radius 2 is 1.59 bits per heavy atom. The fraction of sp³-hybridized carbons (Fsp3) is 0.231. The van der Waals surface area contributed by atoms with Gasteiger partial charge in [-0.05, 0) is 53.0 Å². The number of dihydropyridines is 1. The lowest BCUT2D eigenvalue weighted by Gasteiger charge is -2.21. The summed E-state index contributed by atoms with van der Waals surface area (Å²) < 4.78 is 23.6. The molecule has 0 bridgehead atoms. The highest BCUT2D eigenvalue weighted by atomic mass is 32.2. The van der Waals surface area contributed by atoms with Crippen molar-refractivity contribution >= 4 is 27.3 Å². The predicted octanol–water partition coefficient (Wildman–Crippen LogP) is 3.74. The second kappa shape index (κ2) is 9.69. The summed E-state index contributed by atoms with van der Waals surface area (Å²) in [5.41, 5.74) is 3.09. The van der Waals surface area contributed by atoms with Crippen molar-refractivity contribution in [2.45, 2.75) is 37.1 Å². The van der Waals surface area contributed by atoms with Crippen LogP contribution in [-0.2, 0) is 24.8 Å². The first-order chi connectivity index (χ1) is 15.8. The summed E-state index contributed by atoms with van der Waals surface area (Å²) in [6, 6.07) is 12.3. The molecule has 178 valence electrons. The molecule has 3 N–H and O–H groups in total. The number of hydrogen-bond acceptors (Lipinski definition) is 5. The van der Waals surface area contributed by atoms with E-state index in [1.54, 1.807) is 12.2 Å². The van der Waals surface area contributed by atoms with Gasteiger partial charge in [-0.1, -0.05) is 51.6 Å². The summed E-state index contributed by atoms with van der Waals surface area (Å²) in [5, 5.41) is 8.45. The minimum absolute atomic E-state index is 0.0268. The SMILES string of the molecule is C=C1C=CC(C(=O)NC(C(=O)Nc2ccc(C(C)(C)C)cc2)c2ccc(S(C)(=O)=O)cc2)=CN1. The van der Waals surface area contributed by atoms with Crippen molar-refractivity contribution in [3.63, 3.8) is 0 Å². The van der Waals surface area contributed by atoms with Gasteiger partial charge in [-0.3, -0.25) is 9.59 Å². The van der Waals surface area contributed by atoms with Crippen LogP contribution in [0.1, 0.15) is 37.9 Å². The van der Waals surface area contributed by atoms with Crippen LogP contribution in [0.25, 0.3) is 0 Å². The lowest BCUT2D eigenvalue weighted by molar-refractivity contribution is -0.124. The van der Waals surface area contributed by atoms with Crippen LogP contribution in [0.15, 0.2) is 89.6 Å². The molecular weight excluding hydrogens is 450 g/mol. The number of carbonyl (C=O) groups excluding carboxylic acids is 2. The highest BCUT2D eigenvalue weighted by Gasteiger charge is 2.25. The van der Waals surface area contributed by atoms with Crippen LogP contribution in [0.2, 0.25) is 0 Å². The van der Waals surface area contributed by atoms with Gasteiger partial charge in [-0.15, -0.1) is 0 Å². The van der Waals surface area contributed by atoms with Crippen molar-refractivity contribution in [3.8, 4) is 0 Å². The van der Waals surface area contributed by atoms with Gasteiger partial charge in [-0.2, -0.15) is 0 Å². The lowest BCUT2D eigenvalue weighted by atomic mass is 9.87. The number of carbonyl (C=O) groups is 2. The standard InChI is InChI=1S/C26H29N3O4S/c1-17-6-7-19(16-27-17)24(30)29-23(18-8-14-22(15-9-18)34(5,32)33)25(31)28-21-12-10-20(11-13-21)26(2,3)4/h6-16,23,27H,1H2,2-5H3,(H,28,31)(H,29,30). The predicted molar refractivity (Wildman–Crippen MR) is 134 cm³/mol. The summed E-state index contributed by atoms with van der Waals surface area (Å²) in [5.74, 6) is -0.923. The van der Waals surface area contributed by atoms with Gasteiger partial charge in [-0.25, -0.2) is 8.42 Å². The Labute approximate surface area is 200 Å². The Kier molecular flexibility index (Phi) is 7.12. The molecule has 8 heteroatoms. The zero-order valence-corrected chi connectivity index (χ0v) is 20.5. The monoisotopic (exact) mass is 479 g/mol. The smallest absolute Gasteiger partial charge is 0.253 e. The van der Waals surface area contributed by atoms with E-state index in [-0.39, 0.29) is 10.3 Å². The molecule has 1 aliphatic heterocycles. The normalized spacial score (nSPS) is 14.6. The Morgan fingerprint density at radius 3 is 2.09 bits per heavy atom. The summed E-state index contributed by atoms with van der Waals surface area (Å²) in [4.78, 5) is 26.2. The van der Waals surface area contributed by atoms with Crippen molar-refractivity contribution in [2.24, 2.45) is 0 Å². The van der Waals surface area contributed by atoms with E-state index in [1.807, 2.05) is 24.3 Å². The average molecular weight is 480 g/mol. The first kappa shape index (κ1) is 25.0. The van der Waals surface area contributed by atoms with E-state index < -0.39 is 27.7 Å². The molecule has 1 aliphatic rings.